The molecule has 1 fully saturated rings. The fraction of sp³-hybridized carbons (Fsp3) is 0.154. The first-order valence-corrected chi connectivity index (χ1v) is 11.5. The van der Waals surface area contributed by atoms with E-state index >= 15 is 0 Å². The summed E-state index contributed by atoms with van der Waals surface area (Å²) in [6.07, 6.45) is 1.78. The lowest BCUT2D eigenvalue weighted by molar-refractivity contribution is 0.472. The Morgan fingerprint density at radius 1 is 1.00 bits per heavy atom. The number of pyridine rings is 1. The van der Waals surface area contributed by atoms with Gasteiger partial charge in [0.1, 0.15) is 5.75 Å². The van der Waals surface area contributed by atoms with E-state index in [0.717, 1.165) is 28.3 Å². The summed E-state index contributed by atoms with van der Waals surface area (Å²) in [6.45, 7) is 4.21. The van der Waals surface area contributed by atoms with Crippen LogP contribution in [0.1, 0.15) is 34.7 Å². The molecule has 2 aromatic heterocycles. The van der Waals surface area contributed by atoms with Gasteiger partial charge in [0.15, 0.2) is 5.11 Å². The smallest absolute Gasteiger partial charge is 0.174 e. The van der Waals surface area contributed by atoms with Crippen molar-refractivity contribution in [3.05, 3.63) is 107 Å². The molecule has 2 N–H and O–H groups in total. The molecule has 0 spiro atoms. The van der Waals surface area contributed by atoms with Crippen molar-refractivity contribution < 1.29 is 5.11 Å². The number of benzene rings is 2. The van der Waals surface area contributed by atoms with Gasteiger partial charge in [0.25, 0.3) is 0 Å². The number of aromatic nitrogens is 2. The highest BCUT2D eigenvalue weighted by atomic mass is 35.5. The Hall–Kier alpha value is -3.35. The molecule has 3 heterocycles. The molecule has 0 saturated carbocycles. The van der Waals surface area contributed by atoms with Gasteiger partial charge >= 0.3 is 0 Å². The molecule has 5 nitrogen and oxygen atoms in total. The van der Waals surface area contributed by atoms with Crippen LogP contribution in [0.3, 0.4) is 0 Å². The molecule has 7 heteroatoms. The minimum atomic E-state index is -0.236. The fourth-order valence-electron chi connectivity index (χ4n) is 4.68. The Morgan fingerprint density at radius 3 is 2.48 bits per heavy atom. The average molecular weight is 475 g/mol. The minimum Gasteiger partial charge on any atom is -0.506 e. The Labute approximate surface area is 203 Å². The Balaban J connectivity index is 1.71. The number of hydrogen-bond acceptors (Lipinski definition) is 3. The summed E-state index contributed by atoms with van der Waals surface area (Å²) in [7, 11) is 0. The van der Waals surface area contributed by atoms with Crippen LogP contribution in [0.25, 0.3) is 5.69 Å². The van der Waals surface area contributed by atoms with Crippen LogP contribution < -0.4 is 10.2 Å². The third-order valence-corrected chi connectivity index (χ3v) is 6.65. The first-order valence-electron chi connectivity index (χ1n) is 10.7. The molecule has 1 aliphatic heterocycles. The number of nitrogens with one attached hydrogen (secondary N) is 1. The highest BCUT2D eigenvalue weighted by molar-refractivity contribution is 7.80. The van der Waals surface area contributed by atoms with Gasteiger partial charge in [0.2, 0.25) is 0 Å². The zero-order valence-corrected chi connectivity index (χ0v) is 19.8. The second-order valence-corrected chi connectivity index (χ2v) is 8.95. The number of phenols is 1. The quantitative estimate of drug-likeness (QED) is 0.354. The fourth-order valence-corrected chi connectivity index (χ4v) is 5.19. The molecule has 0 unspecified atom stereocenters. The summed E-state index contributed by atoms with van der Waals surface area (Å²) in [5.41, 5.74) is 5.84. The van der Waals surface area contributed by atoms with E-state index < -0.39 is 0 Å². The predicted octanol–water partition coefficient (Wildman–Crippen LogP) is 6.03. The number of rotatable bonds is 4. The van der Waals surface area contributed by atoms with Gasteiger partial charge in [-0.2, -0.15) is 0 Å². The number of hydrogen-bond donors (Lipinski definition) is 2. The van der Waals surface area contributed by atoms with Gasteiger partial charge in [-0.05, 0) is 80.2 Å². The highest BCUT2D eigenvalue weighted by Gasteiger charge is 2.43. The van der Waals surface area contributed by atoms with Crippen molar-refractivity contribution >= 4 is 34.6 Å². The van der Waals surface area contributed by atoms with Crippen molar-refractivity contribution in [1.82, 2.24) is 14.9 Å². The largest absolute Gasteiger partial charge is 0.506 e. The van der Waals surface area contributed by atoms with Gasteiger partial charge < -0.3 is 19.9 Å². The second-order valence-electron chi connectivity index (χ2n) is 8.13. The number of phenolic OH excluding ortho intramolecular Hbond substituents is 1. The van der Waals surface area contributed by atoms with Crippen molar-refractivity contribution in [1.29, 1.82) is 0 Å². The summed E-state index contributed by atoms with van der Waals surface area (Å²) in [6, 6.07) is 22.9. The number of thiocarbonyl (C=S) groups is 1. The minimum absolute atomic E-state index is 0.118. The molecule has 166 valence electrons. The molecule has 0 radical (unpaired) electrons. The van der Waals surface area contributed by atoms with Crippen LogP contribution in [0.5, 0.6) is 5.75 Å². The number of anilines is 1. The number of para-hydroxylation sites is 1. The van der Waals surface area contributed by atoms with Crippen LogP contribution in [0.4, 0.5) is 5.69 Å². The van der Waals surface area contributed by atoms with E-state index in [1.165, 1.54) is 0 Å². The van der Waals surface area contributed by atoms with E-state index in [0.29, 0.717) is 15.8 Å². The molecule has 33 heavy (non-hydrogen) atoms. The van der Waals surface area contributed by atoms with Crippen LogP contribution in [0.2, 0.25) is 5.02 Å². The molecule has 0 bridgehead atoms. The molecule has 0 amide bonds. The summed E-state index contributed by atoms with van der Waals surface area (Å²) in [5, 5.41) is 15.2. The topological polar surface area (TPSA) is 53.3 Å². The lowest BCUT2D eigenvalue weighted by Gasteiger charge is -2.28. The third-order valence-electron chi connectivity index (χ3n) is 6.10. The standard InChI is InChI=1S/C26H23ClN4OS/c1-16-14-20(17(2)30(16)19-8-4-3-5-9-19)25-24(21-10-6-7-13-28-21)29-26(33)31(25)22-15-18(27)11-12-23(22)32/h3-15,24-25,32H,1-2H3,(H,29,33)/t24-,25+/m0/s1. The van der Waals surface area contributed by atoms with Gasteiger partial charge in [-0.1, -0.05) is 35.9 Å². The number of aromatic hydroxyl groups is 1. The zero-order chi connectivity index (χ0) is 23.1. The van der Waals surface area contributed by atoms with Gasteiger partial charge in [-0.15, -0.1) is 0 Å². The molecule has 0 aliphatic carbocycles. The van der Waals surface area contributed by atoms with Crippen LogP contribution >= 0.6 is 23.8 Å². The van der Waals surface area contributed by atoms with Crippen molar-refractivity contribution in [3.63, 3.8) is 0 Å². The molecule has 4 aromatic rings. The number of aryl methyl sites for hydroxylation is 1. The van der Waals surface area contributed by atoms with E-state index in [1.54, 1.807) is 24.4 Å². The van der Waals surface area contributed by atoms with E-state index in [9.17, 15) is 5.11 Å². The molecule has 1 aliphatic rings. The predicted molar refractivity (Wildman–Crippen MR) is 136 cm³/mol. The lowest BCUT2D eigenvalue weighted by Crippen LogP contribution is -2.29. The van der Waals surface area contributed by atoms with Gasteiger partial charge in [-0.25, -0.2) is 0 Å². The molecule has 2 atom stereocenters. The van der Waals surface area contributed by atoms with Crippen LogP contribution in [-0.2, 0) is 0 Å². The Kier molecular flexibility index (Phi) is 5.56. The summed E-state index contributed by atoms with van der Waals surface area (Å²) < 4.78 is 2.24. The maximum atomic E-state index is 10.7. The Bertz CT molecular complexity index is 1320. The lowest BCUT2D eigenvalue weighted by atomic mass is 9.96. The number of nitrogens with zero attached hydrogens (tertiary/aromatic N) is 3. The molecule has 2 aromatic carbocycles. The summed E-state index contributed by atoms with van der Waals surface area (Å²) in [4.78, 5) is 6.56. The van der Waals surface area contributed by atoms with Crippen molar-refractivity contribution in [2.75, 3.05) is 4.90 Å². The Morgan fingerprint density at radius 2 is 1.76 bits per heavy atom. The van der Waals surface area contributed by atoms with Crippen LogP contribution in [0.15, 0.2) is 79.0 Å². The summed E-state index contributed by atoms with van der Waals surface area (Å²) >= 11 is 12.1. The molecular weight excluding hydrogens is 452 g/mol. The van der Waals surface area contributed by atoms with E-state index in [-0.39, 0.29) is 17.8 Å². The van der Waals surface area contributed by atoms with Gasteiger partial charge in [0.05, 0.1) is 23.5 Å². The normalized spacial score (nSPS) is 17.9. The van der Waals surface area contributed by atoms with Crippen molar-refractivity contribution in [2.24, 2.45) is 0 Å². The van der Waals surface area contributed by atoms with Gasteiger partial charge in [0, 0.05) is 28.3 Å². The molecular formula is C26H23ClN4OS. The average Bonchev–Trinajstić information content (AvgIpc) is 3.31. The monoisotopic (exact) mass is 474 g/mol. The van der Waals surface area contributed by atoms with Crippen LogP contribution in [0, 0.1) is 13.8 Å². The van der Waals surface area contributed by atoms with E-state index in [2.05, 4.69) is 46.9 Å². The van der Waals surface area contributed by atoms with E-state index in [1.807, 2.05) is 41.3 Å². The zero-order valence-electron chi connectivity index (χ0n) is 18.2. The highest BCUT2D eigenvalue weighted by Crippen LogP contribution is 2.46. The first-order chi connectivity index (χ1) is 16.0. The second kappa shape index (κ2) is 8.54. The first kappa shape index (κ1) is 21.5. The van der Waals surface area contributed by atoms with Crippen LogP contribution in [-0.4, -0.2) is 19.8 Å². The maximum absolute atomic E-state index is 10.7. The number of halogens is 1. The third kappa shape index (κ3) is 3.75. The van der Waals surface area contributed by atoms with Crippen molar-refractivity contribution in [3.8, 4) is 11.4 Å². The molecule has 5 rings (SSSR count). The van der Waals surface area contributed by atoms with Gasteiger partial charge in [-0.3, -0.25) is 4.98 Å². The van der Waals surface area contributed by atoms with E-state index in [4.69, 9.17) is 23.8 Å². The molecule has 1 saturated heterocycles. The summed E-state index contributed by atoms with van der Waals surface area (Å²) in [5.74, 6) is 0.118. The SMILES string of the molecule is Cc1cc([C@@H]2[C@H](c3ccccn3)NC(=S)N2c2cc(Cl)ccc2O)c(C)n1-c1ccccc1. The maximum Gasteiger partial charge on any atom is 0.174 e. The van der Waals surface area contributed by atoms with Crippen molar-refractivity contribution in [2.45, 2.75) is 25.9 Å².